The number of hydrogen-bond donors (Lipinski definition) is 1. The van der Waals surface area contributed by atoms with Gasteiger partial charge in [-0.15, -0.1) is 0 Å². The number of pyridine rings is 1. The van der Waals surface area contributed by atoms with Gasteiger partial charge in [0.1, 0.15) is 0 Å². The number of hydrogen-bond acceptors (Lipinski definition) is 2. The molecule has 1 aromatic heterocycles. The number of aliphatic hydroxyl groups excluding tert-OH is 1. The first-order valence-electron chi connectivity index (χ1n) is 6.65. The number of fused-ring (bicyclic) bond motifs is 1. The zero-order valence-corrected chi connectivity index (χ0v) is 10.3. The summed E-state index contributed by atoms with van der Waals surface area (Å²) in [6.07, 6.45) is 7.43. The van der Waals surface area contributed by atoms with Crippen molar-refractivity contribution in [2.24, 2.45) is 0 Å². The van der Waals surface area contributed by atoms with Crippen molar-refractivity contribution in [3.63, 3.8) is 0 Å². The van der Waals surface area contributed by atoms with Gasteiger partial charge in [0.15, 0.2) is 0 Å². The maximum absolute atomic E-state index is 11.8. The molecule has 0 atom stereocenters. The highest BCUT2D eigenvalue weighted by molar-refractivity contribution is 5.25. The Morgan fingerprint density at radius 1 is 1.12 bits per heavy atom. The molecule has 0 spiro atoms. The molecule has 0 aliphatic heterocycles. The van der Waals surface area contributed by atoms with E-state index in [4.69, 9.17) is 5.11 Å². The monoisotopic (exact) mass is 235 g/mol. The van der Waals surface area contributed by atoms with E-state index < -0.39 is 0 Å². The molecule has 0 bridgehead atoms. The summed E-state index contributed by atoms with van der Waals surface area (Å²) in [5, 5.41) is 8.70. The predicted molar refractivity (Wildman–Crippen MR) is 68.3 cm³/mol. The van der Waals surface area contributed by atoms with E-state index in [0.29, 0.717) is 0 Å². The molecule has 94 valence electrons. The first-order valence-corrected chi connectivity index (χ1v) is 6.65. The molecule has 1 aliphatic carbocycles. The van der Waals surface area contributed by atoms with Crippen molar-refractivity contribution in [3.8, 4) is 0 Å². The van der Waals surface area contributed by atoms with Crippen LogP contribution in [0.4, 0.5) is 0 Å². The van der Waals surface area contributed by atoms with Crippen LogP contribution in [0.3, 0.4) is 0 Å². The van der Waals surface area contributed by atoms with Gasteiger partial charge >= 0.3 is 0 Å². The summed E-state index contributed by atoms with van der Waals surface area (Å²) in [7, 11) is 0. The van der Waals surface area contributed by atoms with Crippen LogP contribution in [0.15, 0.2) is 16.9 Å². The SMILES string of the molecule is O=c1ccc2c(n1CCCCCCO)CCC2. The Morgan fingerprint density at radius 3 is 2.76 bits per heavy atom. The molecule has 0 unspecified atom stereocenters. The van der Waals surface area contributed by atoms with E-state index in [2.05, 4.69) is 0 Å². The van der Waals surface area contributed by atoms with Crippen LogP contribution in [0, 0.1) is 0 Å². The average Bonchev–Trinajstić information content (AvgIpc) is 2.79. The van der Waals surface area contributed by atoms with Crippen molar-refractivity contribution >= 4 is 0 Å². The van der Waals surface area contributed by atoms with E-state index in [-0.39, 0.29) is 12.2 Å². The van der Waals surface area contributed by atoms with Gasteiger partial charge in [0.05, 0.1) is 0 Å². The van der Waals surface area contributed by atoms with Crippen molar-refractivity contribution in [1.82, 2.24) is 4.57 Å². The molecule has 2 rings (SSSR count). The van der Waals surface area contributed by atoms with Crippen LogP contribution in [0.25, 0.3) is 0 Å². The molecule has 1 aromatic rings. The molecule has 1 aliphatic rings. The number of aryl methyl sites for hydroxylation is 1. The topological polar surface area (TPSA) is 42.2 Å². The zero-order valence-electron chi connectivity index (χ0n) is 10.3. The van der Waals surface area contributed by atoms with Crippen molar-refractivity contribution in [3.05, 3.63) is 33.7 Å². The lowest BCUT2D eigenvalue weighted by atomic mass is 10.2. The van der Waals surface area contributed by atoms with E-state index in [1.807, 2.05) is 10.6 Å². The minimum atomic E-state index is 0.146. The van der Waals surface area contributed by atoms with Crippen LogP contribution in [-0.2, 0) is 19.4 Å². The fourth-order valence-electron chi connectivity index (χ4n) is 2.61. The second-order valence-corrected chi connectivity index (χ2v) is 4.79. The Morgan fingerprint density at radius 2 is 1.94 bits per heavy atom. The Labute approximate surface area is 102 Å². The molecule has 0 aromatic carbocycles. The second-order valence-electron chi connectivity index (χ2n) is 4.79. The molecule has 3 nitrogen and oxygen atoms in total. The summed E-state index contributed by atoms with van der Waals surface area (Å²) in [5.74, 6) is 0. The third-order valence-corrected chi connectivity index (χ3v) is 3.54. The van der Waals surface area contributed by atoms with Gasteiger partial charge in [-0.25, -0.2) is 0 Å². The largest absolute Gasteiger partial charge is 0.396 e. The smallest absolute Gasteiger partial charge is 0.250 e. The lowest BCUT2D eigenvalue weighted by Crippen LogP contribution is -2.22. The Kier molecular flexibility index (Phi) is 4.37. The summed E-state index contributed by atoms with van der Waals surface area (Å²) >= 11 is 0. The van der Waals surface area contributed by atoms with Gasteiger partial charge in [0.2, 0.25) is 0 Å². The van der Waals surface area contributed by atoms with Gasteiger partial charge in [-0.2, -0.15) is 0 Å². The molecule has 0 saturated carbocycles. The number of unbranched alkanes of at least 4 members (excludes halogenated alkanes) is 3. The summed E-state index contributed by atoms with van der Waals surface area (Å²) in [4.78, 5) is 11.8. The first kappa shape index (κ1) is 12.4. The fourth-order valence-corrected chi connectivity index (χ4v) is 2.61. The lowest BCUT2D eigenvalue weighted by molar-refractivity contribution is 0.282. The van der Waals surface area contributed by atoms with E-state index in [9.17, 15) is 4.79 Å². The Hall–Kier alpha value is -1.09. The van der Waals surface area contributed by atoms with Crippen LogP contribution in [0.1, 0.15) is 43.4 Å². The molecular weight excluding hydrogens is 214 g/mol. The molecule has 3 heteroatoms. The van der Waals surface area contributed by atoms with E-state index in [0.717, 1.165) is 45.1 Å². The Bertz CT molecular complexity index is 423. The molecule has 1 heterocycles. The van der Waals surface area contributed by atoms with Crippen LogP contribution in [0.5, 0.6) is 0 Å². The Balaban J connectivity index is 1.96. The third kappa shape index (κ3) is 2.97. The third-order valence-electron chi connectivity index (χ3n) is 3.54. The average molecular weight is 235 g/mol. The van der Waals surface area contributed by atoms with Crippen LogP contribution in [-0.4, -0.2) is 16.3 Å². The summed E-state index contributed by atoms with van der Waals surface area (Å²) in [6.45, 7) is 1.12. The molecular formula is C14H21NO2. The highest BCUT2D eigenvalue weighted by Gasteiger charge is 2.14. The van der Waals surface area contributed by atoms with E-state index in [1.165, 1.54) is 17.7 Å². The van der Waals surface area contributed by atoms with Crippen LogP contribution < -0.4 is 5.56 Å². The predicted octanol–water partition coefficient (Wildman–Crippen LogP) is 1.89. The van der Waals surface area contributed by atoms with Crippen molar-refractivity contribution < 1.29 is 5.11 Å². The quantitative estimate of drug-likeness (QED) is 0.765. The van der Waals surface area contributed by atoms with E-state index >= 15 is 0 Å². The maximum atomic E-state index is 11.8. The van der Waals surface area contributed by atoms with Crippen LogP contribution >= 0.6 is 0 Å². The van der Waals surface area contributed by atoms with Crippen molar-refractivity contribution in [1.29, 1.82) is 0 Å². The van der Waals surface area contributed by atoms with Gasteiger partial charge < -0.3 is 9.67 Å². The number of aliphatic hydroxyl groups is 1. The van der Waals surface area contributed by atoms with E-state index in [1.54, 1.807) is 6.07 Å². The molecule has 0 amide bonds. The van der Waals surface area contributed by atoms with Gasteiger partial charge in [-0.05, 0) is 37.7 Å². The van der Waals surface area contributed by atoms with Crippen LogP contribution in [0.2, 0.25) is 0 Å². The zero-order chi connectivity index (χ0) is 12.1. The second kappa shape index (κ2) is 6.01. The first-order chi connectivity index (χ1) is 8.33. The molecule has 0 saturated heterocycles. The normalized spacial score (nSPS) is 13.9. The summed E-state index contributed by atoms with van der Waals surface area (Å²) in [5.41, 5.74) is 2.77. The lowest BCUT2D eigenvalue weighted by Gasteiger charge is -2.11. The molecule has 0 fully saturated rings. The fraction of sp³-hybridized carbons (Fsp3) is 0.643. The minimum Gasteiger partial charge on any atom is -0.396 e. The number of rotatable bonds is 6. The molecule has 17 heavy (non-hydrogen) atoms. The minimum absolute atomic E-state index is 0.146. The number of aromatic nitrogens is 1. The van der Waals surface area contributed by atoms with Gasteiger partial charge in [0, 0.05) is 24.9 Å². The van der Waals surface area contributed by atoms with Gasteiger partial charge in [-0.1, -0.05) is 18.9 Å². The standard InChI is InChI=1S/C14H21NO2/c16-11-4-2-1-3-10-15-13-7-5-6-12(13)8-9-14(15)17/h8-9,16H,1-7,10-11H2. The van der Waals surface area contributed by atoms with Crippen molar-refractivity contribution in [2.45, 2.75) is 51.5 Å². The maximum Gasteiger partial charge on any atom is 0.250 e. The van der Waals surface area contributed by atoms with Crippen molar-refractivity contribution in [2.75, 3.05) is 6.61 Å². The summed E-state index contributed by atoms with van der Waals surface area (Å²) < 4.78 is 1.96. The molecule has 1 N–H and O–H groups in total. The number of nitrogens with zero attached hydrogens (tertiary/aromatic N) is 1. The highest BCUT2D eigenvalue weighted by atomic mass is 16.2. The highest BCUT2D eigenvalue weighted by Crippen LogP contribution is 2.20. The van der Waals surface area contributed by atoms with Gasteiger partial charge in [-0.3, -0.25) is 4.79 Å². The molecule has 0 radical (unpaired) electrons. The van der Waals surface area contributed by atoms with Gasteiger partial charge in [0.25, 0.3) is 5.56 Å². The summed E-state index contributed by atoms with van der Waals surface area (Å²) in [6, 6.07) is 3.70.